The molecule has 0 radical (unpaired) electrons. The fraction of sp³-hybridized carbons (Fsp3) is 0.267. The number of pyridine rings is 1. The lowest BCUT2D eigenvalue weighted by Crippen LogP contribution is -2.36. The zero-order valence-electron chi connectivity index (χ0n) is 21.6. The second kappa shape index (κ2) is 12.1. The van der Waals surface area contributed by atoms with Crippen LogP contribution in [0.3, 0.4) is 0 Å². The molecular formula is C30H30N4O4S. The Morgan fingerprint density at radius 2 is 2.00 bits per heavy atom. The highest BCUT2D eigenvalue weighted by Crippen LogP contribution is 2.30. The molecule has 3 heterocycles. The van der Waals surface area contributed by atoms with Crippen LogP contribution in [0.15, 0.2) is 78.4 Å². The van der Waals surface area contributed by atoms with Crippen LogP contribution in [0.2, 0.25) is 0 Å². The van der Waals surface area contributed by atoms with E-state index in [1.54, 1.807) is 41.6 Å². The number of nitrogens with one attached hydrogen (secondary N) is 2. The van der Waals surface area contributed by atoms with Crippen molar-refractivity contribution in [3.63, 3.8) is 0 Å². The lowest BCUT2D eigenvalue weighted by atomic mass is 10.0. The molecule has 1 fully saturated rings. The standard InChI is InChI=1S/C30H30N4O4S/c1-2-38-29(36)16-27(21-5-3-11-31-17-21)33-30(37)23-15-28(35)34(19-23)25-10-8-20-7-9-24(13-22(20)14-25)32-18-26-6-4-12-39-26/h3-14,17,23,27,32H,2,15-16,18-19H2,1H3,(H,33,37). The van der Waals surface area contributed by atoms with Crippen LogP contribution in [-0.4, -0.2) is 35.9 Å². The summed E-state index contributed by atoms with van der Waals surface area (Å²) in [5.74, 6) is -1.32. The SMILES string of the molecule is CCOC(=O)CC(NC(=O)C1CC(=O)N(c2ccc3ccc(NCc4cccs4)cc3c2)C1)c1cccnc1. The highest BCUT2D eigenvalue weighted by atomic mass is 32.1. The molecule has 2 aromatic carbocycles. The highest BCUT2D eigenvalue weighted by molar-refractivity contribution is 7.09. The van der Waals surface area contributed by atoms with Crippen LogP contribution in [0.25, 0.3) is 10.8 Å². The molecule has 8 nitrogen and oxygen atoms in total. The molecule has 2 N–H and O–H groups in total. The summed E-state index contributed by atoms with van der Waals surface area (Å²) < 4.78 is 5.09. The van der Waals surface area contributed by atoms with E-state index in [4.69, 9.17) is 4.74 Å². The second-order valence-corrected chi connectivity index (χ2v) is 10.5. The Bertz CT molecular complexity index is 1460. The maximum atomic E-state index is 13.2. The van der Waals surface area contributed by atoms with Gasteiger partial charge in [0.25, 0.3) is 0 Å². The lowest BCUT2D eigenvalue weighted by Gasteiger charge is -2.21. The van der Waals surface area contributed by atoms with E-state index in [9.17, 15) is 14.4 Å². The first-order chi connectivity index (χ1) is 19.0. The van der Waals surface area contributed by atoms with E-state index in [-0.39, 0.29) is 37.8 Å². The Balaban J connectivity index is 1.28. The number of hydrogen-bond acceptors (Lipinski definition) is 7. The van der Waals surface area contributed by atoms with Crippen molar-refractivity contribution in [1.82, 2.24) is 10.3 Å². The van der Waals surface area contributed by atoms with Gasteiger partial charge in [0, 0.05) is 48.2 Å². The molecule has 2 amide bonds. The lowest BCUT2D eigenvalue weighted by molar-refractivity contribution is -0.144. The van der Waals surface area contributed by atoms with Crippen molar-refractivity contribution in [2.45, 2.75) is 32.4 Å². The number of hydrogen-bond donors (Lipinski definition) is 2. The maximum absolute atomic E-state index is 13.2. The van der Waals surface area contributed by atoms with Crippen LogP contribution in [0.5, 0.6) is 0 Å². The smallest absolute Gasteiger partial charge is 0.308 e. The van der Waals surface area contributed by atoms with Crippen LogP contribution in [0.1, 0.15) is 36.2 Å². The number of carbonyl (C=O) groups is 3. The van der Waals surface area contributed by atoms with Crippen molar-refractivity contribution in [2.24, 2.45) is 5.92 Å². The molecule has 1 saturated heterocycles. The number of amides is 2. The summed E-state index contributed by atoms with van der Waals surface area (Å²) >= 11 is 1.71. The minimum atomic E-state index is -0.588. The number of aromatic nitrogens is 1. The van der Waals surface area contributed by atoms with Gasteiger partial charge < -0.3 is 20.3 Å². The van der Waals surface area contributed by atoms with Gasteiger partial charge in [0.1, 0.15) is 0 Å². The Kier molecular flexibility index (Phi) is 8.17. The zero-order chi connectivity index (χ0) is 27.2. The van der Waals surface area contributed by atoms with E-state index in [0.717, 1.165) is 28.7 Å². The van der Waals surface area contributed by atoms with E-state index in [1.165, 1.54) is 4.88 Å². The van der Waals surface area contributed by atoms with Crippen molar-refractivity contribution in [1.29, 1.82) is 0 Å². The first kappa shape index (κ1) is 26.4. The van der Waals surface area contributed by atoms with Gasteiger partial charge in [-0.1, -0.05) is 24.3 Å². The van der Waals surface area contributed by atoms with Crippen molar-refractivity contribution in [2.75, 3.05) is 23.4 Å². The average molecular weight is 543 g/mol. The molecule has 4 aromatic rings. The average Bonchev–Trinajstić information content (AvgIpc) is 3.61. The summed E-state index contributed by atoms with van der Waals surface area (Å²) in [6.07, 6.45) is 3.34. The molecule has 2 aromatic heterocycles. The Labute approximate surface area is 231 Å². The number of esters is 1. The third-order valence-corrected chi connectivity index (χ3v) is 7.63. The summed E-state index contributed by atoms with van der Waals surface area (Å²) in [4.78, 5) is 45.5. The monoisotopic (exact) mass is 542 g/mol. The van der Waals surface area contributed by atoms with Crippen LogP contribution >= 0.6 is 11.3 Å². The number of fused-ring (bicyclic) bond motifs is 1. The molecule has 0 bridgehead atoms. The van der Waals surface area contributed by atoms with Crippen molar-refractivity contribution < 1.29 is 19.1 Å². The molecule has 1 aliphatic heterocycles. The largest absolute Gasteiger partial charge is 0.466 e. The van der Waals surface area contributed by atoms with E-state index in [2.05, 4.69) is 39.2 Å². The van der Waals surface area contributed by atoms with Crippen LogP contribution < -0.4 is 15.5 Å². The van der Waals surface area contributed by atoms with Gasteiger partial charge in [0.05, 0.1) is 25.0 Å². The maximum Gasteiger partial charge on any atom is 0.308 e. The van der Waals surface area contributed by atoms with E-state index < -0.39 is 17.9 Å². The molecule has 200 valence electrons. The Morgan fingerprint density at radius 3 is 2.77 bits per heavy atom. The van der Waals surface area contributed by atoms with E-state index in [0.29, 0.717) is 5.56 Å². The normalized spacial score (nSPS) is 15.8. The van der Waals surface area contributed by atoms with Crippen LogP contribution in [-0.2, 0) is 25.7 Å². The van der Waals surface area contributed by atoms with Gasteiger partial charge in [0.2, 0.25) is 11.8 Å². The molecule has 0 spiro atoms. The Hall–Kier alpha value is -4.24. The summed E-state index contributed by atoms with van der Waals surface area (Å²) in [6.45, 7) is 3.02. The quantitative estimate of drug-likeness (QED) is 0.271. The number of thiophene rings is 1. The number of rotatable bonds is 10. The number of anilines is 2. The van der Waals surface area contributed by atoms with Crippen molar-refractivity contribution in [3.05, 3.63) is 88.9 Å². The fourth-order valence-electron chi connectivity index (χ4n) is 4.76. The van der Waals surface area contributed by atoms with Crippen LogP contribution in [0.4, 0.5) is 11.4 Å². The minimum Gasteiger partial charge on any atom is -0.466 e. The summed E-state index contributed by atoms with van der Waals surface area (Å²) in [5, 5.41) is 10.5. The number of benzene rings is 2. The second-order valence-electron chi connectivity index (χ2n) is 9.44. The zero-order valence-corrected chi connectivity index (χ0v) is 22.4. The van der Waals surface area contributed by atoms with Gasteiger partial charge in [-0.2, -0.15) is 0 Å². The van der Waals surface area contributed by atoms with Crippen LogP contribution in [0, 0.1) is 5.92 Å². The first-order valence-electron chi connectivity index (χ1n) is 13.0. The van der Waals surface area contributed by atoms with Crippen molar-refractivity contribution in [3.8, 4) is 0 Å². The number of ether oxygens (including phenoxy) is 1. The van der Waals surface area contributed by atoms with Crippen molar-refractivity contribution >= 4 is 51.3 Å². The summed E-state index contributed by atoms with van der Waals surface area (Å²) in [6, 6.07) is 19.2. The summed E-state index contributed by atoms with van der Waals surface area (Å²) in [5.41, 5.74) is 2.47. The van der Waals surface area contributed by atoms with Gasteiger partial charge in [-0.15, -0.1) is 11.3 Å². The van der Waals surface area contributed by atoms with Gasteiger partial charge in [-0.05, 0) is 65.0 Å². The van der Waals surface area contributed by atoms with Gasteiger partial charge in [-0.25, -0.2) is 0 Å². The molecular weight excluding hydrogens is 512 g/mol. The molecule has 2 unspecified atom stereocenters. The Morgan fingerprint density at radius 1 is 1.13 bits per heavy atom. The van der Waals surface area contributed by atoms with Gasteiger partial charge in [-0.3, -0.25) is 19.4 Å². The topological polar surface area (TPSA) is 101 Å². The number of carbonyl (C=O) groups excluding carboxylic acids is 3. The van der Waals surface area contributed by atoms with E-state index in [1.807, 2.05) is 36.4 Å². The molecule has 9 heteroatoms. The number of nitrogens with zero attached hydrogens (tertiary/aromatic N) is 2. The molecule has 2 atom stereocenters. The predicted molar refractivity (Wildman–Crippen MR) is 152 cm³/mol. The molecule has 1 aliphatic rings. The first-order valence-corrected chi connectivity index (χ1v) is 13.8. The van der Waals surface area contributed by atoms with Gasteiger partial charge in [0.15, 0.2) is 0 Å². The molecule has 0 saturated carbocycles. The molecule has 39 heavy (non-hydrogen) atoms. The van der Waals surface area contributed by atoms with E-state index >= 15 is 0 Å². The minimum absolute atomic E-state index is 0.0107. The highest BCUT2D eigenvalue weighted by Gasteiger charge is 2.36. The molecule has 0 aliphatic carbocycles. The molecule has 5 rings (SSSR count). The van der Waals surface area contributed by atoms with Gasteiger partial charge >= 0.3 is 5.97 Å². The third-order valence-electron chi connectivity index (χ3n) is 6.76. The summed E-state index contributed by atoms with van der Waals surface area (Å²) in [7, 11) is 0. The third kappa shape index (κ3) is 6.43. The predicted octanol–water partition coefficient (Wildman–Crippen LogP) is 5.07. The fourth-order valence-corrected chi connectivity index (χ4v) is 5.40.